The summed E-state index contributed by atoms with van der Waals surface area (Å²) in [5, 5.41) is 4.04. The summed E-state index contributed by atoms with van der Waals surface area (Å²) < 4.78 is 16.4. The van der Waals surface area contributed by atoms with Crippen LogP contribution in [0.15, 0.2) is 22.7 Å². The van der Waals surface area contributed by atoms with Gasteiger partial charge in [0.1, 0.15) is 13.2 Å². The summed E-state index contributed by atoms with van der Waals surface area (Å²) >= 11 is 0. The Morgan fingerprint density at radius 2 is 1.87 bits per heavy atom. The first-order chi connectivity index (χ1) is 10.7. The third-order valence-corrected chi connectivity index (χ3v) is 4.39. The van der Waals surface area contributed by atoms with Crippen molar-refractivity contribution in [3.05, 3.63) is 35.5 Å². The van der Waals surface area contributed by atoms with E-state index in [1.54, 1.807) is 0 Å². The maximum atomic E-state index is 6.21. The van der Waals surface area contributed by atoms with Crippen LogP contribution in [0.4, 0.5) is 0 Å². The van der Waals surface area contributed by atoms with Crippen LogP contribution in [-0.4, -0.2) is 23.4 Å². The Morgan fingerprint density at radius 1 is 1.09 bits per heavy atom. The smallest absolute Gasteiger partial charge is 0.227 e. The first-order valence-corrected chi connectivity index (χ1v) is 7.73. The standard InChI is InChI=1S/C16H19N3O3.ClH/c17-16(6-1-7-16)15-18-14(22-19-15)5-3-11-2-4-12-13(10-11)21-9-8-20-12;/h2,4,10H,1,3,5-9,17H2;1H. The Balaban J connectivity index is 0.00000156. The van der Waals surface area contributed by atoms with Gasteiger partial charge in [0.2, 0.25) is 5.89 Å². The maximum Gasteiger partial charge on any atom is 0.227 e. The number of aromatic nitrogens is 2. The number of hydrogen-bond donors (Lipinski definition) is 1. The van der Waals surface area contributed by atoms with E-state index in [2.05, 4.69) is 10.1 Å². The van der Waals surface area contributed by atoms with Crippen LogP contribution >= 0.6 is 12.4 Å². The van der Waals surface area contributed by atoms with Gasteiger partial charge < -0.3 is 19.7 Å². The number of nitrogens with two attached hydrogens (primary N) is 1. The van der Waals surface area contributed by atoms with Crippen molar-refractivity contribution in [3.63, 3.8) is 0 Å². The second kappa shape index (κ2) is 6.37. The molecular weight excluding hydrogens is 318 g/mol. The molecule has 2 aliphatic rings. The molecule has 0 atom stereocenters. The number of nitrogens with zero attached hydrogens (tertiary/aromatic N) is 2. The predicted octanol–water partition coefficient (Wildman–Crippen LogP) is 2.39. The molecule has 124 valence electrons. The van der Waals surface area contributed by atoms with Crippen LogP contribution in [0.3, 0.4) is 0 Å². The molecule has 0 unspecified atom stereocenters. The third kappa shape index (κ3) is 3.14. The van der Waals surface area contributed by atoms with Gasteiger partial charge in [-0.3, -0.25) is 0 Å². The molecule has 1 aromatic carbocycles. The summed E-state index contributed by atoms with van der Waals surface area (Å²) in [7, 11) is 0. The van der Waals surface area contributed by atoms with Gasteiger partial charge in [0, 0.05) is 6.42 Å². The fourth-order valence-electron chi connectivity index (χ4n) is 2.83. The Kier molecular flexibility index (Phi) is 4.46. The van der Waals surface area contributed by atoms with Crippen LogP contribution < -0.4 is 15.2 Å². The minimum atomic E-state index is -0.362. The second-order valence-corrected chi connectivity index (χ2v) is 6.00. The van der Waals surface area contributed by atoms with Gasteiger partial charge in [-0.15, -0.1) is 12.4 Å². The van der Waals surface area contributed by atoms with Crippen molar-refractivity contribution < 1.29 is 14.0 Å². The zero-order valence-corrected chi connectivity index (χ0v) is 13.6. The van der Waals surface area contributed by atoms with Crippen molar-refractivity contribution in [1.29, 1.82) is 0 Å². The molecule has 4 rings (SSSR count). The molecule has 7 heteroatoms. The zero-order chi connectivity index (χ0) is 15.0. The number of aryl methyl sites for hydroxylation is 2. The van der Waals surface area contributed by atoms with Crippen molar-refractivity contribution >= 4 is 12.4 Å². The van der Waals surface area contributed by atoms with E-state index in [1.807, 2.05) is 18.2 Å². The summed E-state index contributed by atoms with van der Waals surface area (Å²) in [5.74, 6) is 2.91. The van der Waals surface area contributed by atoms with Crippen LogP contribution in [0, 0.1) is 0 Å². The lowest BCUT2D eigenvalue weighted by atomic mass is 9.77. The Bertz CT molecular complexity index is 685. The molecule has 1 aliphatic carbocycles. The molecule has 2 aromatic rings. The van der Waals surface area contributed by atoms with Crippen LogP contribution in [0.5, 0.6) is 11.5 Å². The van der Waals surface area contributed by atoms with Gasteiger partial charge in [-0.05, 0) is 43.4 Å². The van der Waals surface area contributed by atoms with Gasteiger partial charge in [-0.1, -0.05) is 11.2 Å². The molecule has 23 heavy (non-hydrogen) atoms. The monoisotopic (exact) mass is 337 g/mol. The van der Waals surface area contributed by atoms with E-state index < -0.39 is 0 Å². The van der Waals surface area contributed by atoms with Crippen molar-refractivity contribution in [3.8, 4) is 11.5 Å². The number of benzene rings is 1. The highest BCUT2D eigenvalue weighted by atomic mass is 35.5. The van der Waals surface area contributed by atoms with E-state index in [9.17, 15) is 0 Å². The van der Waals surface area contributed by atoms with Crippen molar-refractivity contribution in [1.82, 2.24) is 10.1 Å². The van der Waals surface area contributed by atoms with Gasteiger partial charge in [0.15, 0.2) is 17.3 Å². The molecule has 6 nitrogen and oxygen atoms in total. The predicted molar refractivity (Wildman–Crippen MR) is 86.1 cm³/mol. The lowest BCUT2D eigenvalue weighted by molar-refractivity contribution is 0.171. The number of halogens is 1. The molecule has 2 N–H and O–H groups in total. The molecule has 1 aromatic heterocycles. The number of hydrogen-bond acceptors (Lipinski definition) is 6. The summed E-state index contributed by atoms with van der Waals surface area (Å²) in [6.07, 6.45) is 4.53. The molecule has 0 spiro atoms. The number of rotatable bonds is 4. The second-order valence-electron chi connectivity index (χ2n) is 6.00. The van der Waals surface area contributed by atoms with E-state index in [1.165, 1.54) is 0 Å². The average molecular weight is 338 g/mol. The average Bonchev–Trinajstić information content (AvgIpc) is 3.00. The number of fused-ring (bicyclic) bond motifs is 1. The van der Waals surface area contributed by atoms with Crippen molar-refractivity contribution in [2.75, 3.05) is 13.2 Å². The van der Waals surface area contributed by atoms with Crippen LogP contribution in [0.2, 0.25) is 0 Å². The molecule has 0 saturated heterocycles. The van der Waals surface area contributed by atoms with Gasteiger partial charge in [-0.25, -0.2) is 0 Å². The van der Waals surface area contributed by atoms with E-state index in [-0.39, 0.29) is 17.9 Å². The Labute approximate surface area is 140 Å². The Morgan fingerprint density at radius 3 is 2.61 bits per heavy atom. The molecular formula is C16H20ClN3O3. The number of ether oxygens (including phenoxy) is 2. The first-order valence-electron chi connectivity index (χ1n) is 7.73. The van der Waals surface area contributed by atoms with E-state index in [4.69, 9.17) is 19.7 Å². The molecule has 2 heterocycles. The fraction of sp³-hybridized carbons (Fsp3) is 0.500. The fourth-order valence-corrected chi connectivity index (χ4v) is 2.83. The molecule has 1 aliphatic heterocycles. The summed E-state index contributed by atoms with van der Waals surface area (Å²) in [4.78, 5) is 4.45. The van der Waals surface area contributed by atoms with Crippen LogP contribution in [0.1, 0.15) is 36.5 Å². The minimum Gasteiger partial charge on any atom is -0.486 e. The van der Waals surface area contributed by atoms with E-state index in [0.717, 1.165) is 42.7 Å². The zero-order valence-electron chi connectivity index (χ0n) is 12.8. The lowest BCUT2D eigenvalue weighted by Crippen LogP contribution is -2.44. The van der Waals surface area contributed by atoms with Gasteiger partial charge in [0.05, 0.1) is 5.54 Å². The largest absolute Gasteiger partial charge is 0.486 e. The molecule has 0 amide bonds. The van der Waals surface area contributed by atoms with Gasteiger partial charge >= 0.3 is 0 Å². The highest BCUT2D eigenvalue weighted by Crippen LogP contribution is 2.37. The minimum absolute atomic E-state index is 0. The molecule has 0 bridgehead atoms. The van der Waals surface area contributed by atoms with E-state index >= 15 is 0 Å². The van der Waals surface area contributed by atoms with E-state index in [0.29, 0.717) is 31.3 Å². The van der Waals surface area contributed by atoms with Crippen LogP contribution in [0.25, 0.3) is 0 Å². The van der Waals surface area contributed by atoms with Crippen LogP contribution in [-0.2, 0) is 18.4 Å². The normalized spacial score (nSPS) is 18.0. The third-order valence-electron chi connectivity index (χ3n) is 4.39. The topological polar surface area (TPSA) is 83.4 Å². The van der Waals surface area contributed by atoms with Gasteiger partial charge in [0.25, 0.3) is 0 Å². The maximum absolute atomic E-state index is 6.21. The summed E-state index contributed by atoms with van der Waals surface area (Å²) in [6, 6.07) is 6.01. The van der Waals surface area contributed by atoms with Crippen molar-refractivity contribution in [2.45, 2.75) is 37.6 Å². The Hall–Kier alpha value is -1.79. The molecule has 1 fully saturated rings. The van der Waals surface area contributed by atoms with Crippen molar-refractivity contribution in [2.24, 2.45) is 5.73 Å². The highest BCUT2D eigenvalue weighted by Gasteiger charge is 2.38. The lowest BCUT2D eigenvalue weighted by Gasteiger charge is -2.34. The molecule has 1 saturated carbocycles. The quantitative estimate of drug-likeness (QED) is 0.922. The first kappa shape index (κ1) is 16.1. The molecule has 0 radical (unpaired) electrons. The summed E-state index contributed by atoms with van der Waals surface area (Å²) in [5.41, 5.74) is 7.01. The van der Waals surface area contributed by atoms with Gasteiger partial charge in [-0.2, -0.15) is 4.98 Å². The SMILES string of the molecule is Cl.NC1(c2noc(CCc3ccc4c(c3)OCCO4)n2)CCC1. The highest BCUT2D eigenvalue weighted by molar-refractivity contribution is 5.85. The summed E-state index contributed by atoms with van der Waals surface area (Å²) in [6.45, 7) is 1.21.